The first kappa shape index (κ1) is 15.0. The molecule has 118 valence electrons. The lowest BCUT2D eigenvalue weighted by molar-refractivity contribution is 0.103. The molecular weight excluding hydrogens is 368 g/mol. The van der Waals surface area contributed by atoms with E-state index in [2.05, 4.69) is 27.0 Å². The first-order valence-electron chi connectivity index (χ1n) is 7.48. The number of aromatic amines is 1. The van der Waals surface area contributed by atoms with E-state index in [1.54, 1.807) is 18.2 Å². The van der Waals surface area contributed by atoms with E-state index >= 15 is 0 Å². The van der Waals surface area contributed by atoms with Crippen LogP contribution in [0.4, 0.5) is 0 Å². The molecule has 1 aromatic heterocycles. The largest absolute Gasteiger partial charge is 0.508 e. The number of halogens is 1. The van der Waals surface area contributed by atoms with Crippen molar-refractivity contribution < 1.29 is 9.90 Å². The van der Waals surface area contributed by atoms with E-state index in [-0.39, 0.29) is 11.5 Å². The van der Waals surface area contributed by atoms with Crippen LogP contribution in [-0.2, 0) is 5.41 Å². The molecule has 4 rings (SSSR count). The normalized spacial score (nSPS) is 15.0. The number of aromatic hydroxyl groups is 1. The van der Waals surface area contributed by atoms with E-state index < -0.39 is 5.41 Å². The summed E-state index contributed by atoms with van der Waals surface area (Å²) in [6.45, 7) is 4.04. The van der Waals surface area contributed by atoms with Crippen molar-refractivity contribution >= 4 is 32.6 Å². The summed E-state index contributed by atoms with van der Waals surface area (Å²) in [7, 11) is 0. The van der Waals surface area contributed by atoms with E-state index in [4.69, 9.17) is 0 Å². The van der Waals surface area contributed by atoms with Crippen molar-refractivity contribution in [3.8, 4) is 11.8 Å². The molecule has 0 amide bonds. The average molecular weight is 381 g/mol. The Kier molecular flexibility index (Phi) is 2.94. The Bertz CT molecular complexity index is 1090. The molecule has 0 bridgehead atoms. The number of benzene rings is 2. The molecule has 3 aromatic rings. The molecule has 4 nitrogen and oxygen atoms in total. The quantitative estimate of drug-likeness (QED) is 0.607. The summed E-state index contributed by atoms with van der Waals surface area (Å²) in [6.07, 6.45) is 0. The molecular formula is C19H13BrN2O2. The van der Waals surface area contributed by atoms with Crippen LogP contribution in [0.25, 0.3) is 10.9 Å². The van der Waals surface area contributed by atoms with Crippen LogP contribution in [0.5, 0.6) is 5.75 Å². The highest BCUT2D eigenvalue weighted by Crippen LogP contribution is 2.45. The third-order valence-electron chi connectivity index (χ3n) is 4.78. The number of phenols is 1. The Balaban J connectivity index is 2.11. The van der Waals surface area contributed by atoms with Gasteiger partial charge < -0.3 is 10.1 Å². The van der Waals surface area contributed by atoms with Gasteiger partial charge in [-0.05, 0) is 51.8 Å². The lowest BCUT2D eigenvalue weighted by Gasteiger charge is -2.32. The first-order valence-corrected chi connectivity index (χ1v) is 8.28. The Morgan fingerprint density at radius 1 is 1.25 bits per heavy atom. The van der Waals surface area contributed by atoms with Gasteiger partial charge in [-0.2, -0.15) is 5.26 Å². The number of phenolic OH excluding ortho intramolecular Hbond substituents is 1. The van der Waals surface area contributed by atoms with Crippen molar-refractivity contribution in [2.24, 2.45) is 0 Å². The number of carbonyl (C=O) groups is 1. The molecule has 2 N–H and O–H groups in total. The highest BCUT2D eigenvalue weighted by atomic mass is 79.9. The van der Waals surface area contributed by atoms with Gasteiger partial charge in [0.15, 0.2) is 5.78 Å². The summed E-state index contributed by atoms with van der Waals surface area (Å²) in [5.74, 6) is 0.0749. The van der Waals surface area contributed by atoms with Crippen molar-refractivity contribution in [1.29, 1.82) is 5.26 Å². The molecule has 0 atom stereocenters. The summed E-state index contributed by atoms with van der Waals surface area (Å²) in [6, 6.07) is 10.6. The van der Waals surface area contributed by atoms with Crippen molar-refractivity contribution in [3.05, 3.63) is 62.8 Å². The van der Waals surface area contributed by atoms with Crippen molar-refractivity contribution in [3.63, 3.8) is 0 Å². The number of ketones is 1. The zero-order chi connectivity index (χ0) is 17.2. The average Bonchev–Trinajstić information content (AvgIpc) is 2.91. The molecule has 0 saturated heterocycles. The van der Waals surface area contributed by atoms with E-state index in [1.165, 1.54) is 6.07 Å². The summed E-state index contributed by atoms with van der Waals surface area (Å²) in [4.78, 5) is 16.4. The monoisotopic (exact) mass is 380 g/mol. The molecule has 0 radical (unpaired) electrons. The Morgan fingerprint density at radius 3 is 2.71 bits per heavy atom. The predicted molar refractivity (Wildman–Crippen MR) is 94.4 cm³/mol. The van der Waals surface area contributed by atoms with Crippen LogP contribution in [0.1, 0.15) is 46.6 Å². The molecule has 1 aliphatic carbocycles. The second-order valence-corrected chi connectivity index (χ2v) is 7.40. The maximum atomic E-state index is 13.1. The molecule has 0 unspecified atom stereocenters. The third-order valence-corrected chi connectivity index (χ3v) is 5.44. The number of hydrogen-bond donors (Lipinski definition) is 2. The number of rotatable bonds is 0. The zero-order valence-electron chi connectivity index (χ0n) is 13.1. The van der Waals surface area contributed by atoms with E-state index in [1.807, 2.05) is 19.9 Å². The SMILES string of the molecule is CC1(C)c2cc(O)ccc2C(=O)c2c1[nH]c1cc(C#N)c(Br)cc21. The van der Waals surface area contributed by atoms with Crippen LogP contribution in [0.2, 0.25) is 0 Å². The van der Waals surface area contributed by atoms with Gasteiger partial charge in [0.1, 0.15) is 11.8 Å². The highest BCUT2D eigenvalue weighted by Gasteiger charge is 2.39. The summed E-state index contributed by atoms with van der Waals surface area (Å²) >= 11 is 3.40. The van der Waals surface area contributed by atoms with Crippen LogP contribution in [0.3, 0.4) is 0 Å². The van der Waals surface area contributed by atoms with Gasteiger partial charge in [-0.3, -0.25) is 4.79 Å². The van der Waals surface area contributed by atoms with Crippen molar-refractivity contribution in [2.45, 2.75) is 19.3 Å². The molecule has 2 aromatic carbocycles. The number of carbonyl (C=O) groups excluding carboxylic acids is 1. The molecule has 5 heteroatoms. The Morgan fingerprint density at radius 2 is 2.00 bits per heavy atom. The van der Waals surface area contributed by atoms with Crippen molar-refractivity contribution in [1.82, 2.24) is 4.98 Å². The maximum absolute atomic E-state index is 13.1. The van der Waals surface area contributed by atoms with Crippen LogP contribution in [0.15, 0.2) is 34.8 Å². The Hall–Kier alpha value is -2.58. The van der Waals surface area contributed by atoms with Crippen LogP contribution < -0.4 is 0 Å². The van der Waals surface area contributed by atoms with Crippen LogP contribution >= 0.6 is 15.9 Å². The van der Waals surface area contributed by atoms with Crippen LogP contribution in [-0.4, -0.2) is 15.9 Å². The number of fused-ring (bicyclic) bond motifs is 4. The molecule has 1 heterocycles. The lowest BCUT2D eigenvalue weighted by Crippen LogP contribution is -2.30. The summed E-state index contributed by atoms with van der Waals surface area (Å²) in [5, 5.41) is 19.9. The third kappa shape index (κ3) is 1.80. The molecule has 0 saturated carbocycles. The summed E-state index contributed by atoms with van der Waals surface area (Å²) in [5.41, 5.74) is 3.66. The Labute approximate surface area is 146 Å². The minimum atomic E-state index is -0.463. The topological polar surface area (TPSA) is 76.9 Å². The van der Waals surface area contributed by atoms with Gasteiger partial charge in [0, 0.05) is 32.0 Å². The van der Waals surface area contributed by atoms with Gasteiger partial charge >= 0.3 is 0 Å². The summed E-state index contributed by atoms with van der Waals surface area (Å²) < 4.78 is 0.668. The fourth-order valence-corrected chi connectivity index (χ4v) is 3.95. The molecule has 1 aliphatic rings. The van der Waals surface area contributed by atoms with Gasteiger partial charge in [-0.1, -0.05) is 13.8 Å². The van der Waals surface area contributed by atoms with Gasteiger partial charge in [-0.15, -0.1) is 0 Å². The minimum Gasteiger partial charge on any atom is -0.508 e. The minimum absolute atomic E-state index is 0.0674. The molecule has 0 fully saturated rings. The van der Waals surface area contributed by atoms with Crippen LogP contribution in [0, 0.1) is 11.3 Å². The molecule has 24 heavy (non-hydrogen) atoms. The second-order valence-electron chi connectivity index (χ2n) is 6.55. The maximum Gasteiger partial charge on any atom is 0.195 e. The van der Waals surface area contributed by atoms with Crippen molar-refractivity contribution in [2.75, 3.05) is 0 Å². The van der Waals surface area contributed by atoms with Gasteiger partial charge in [0.2, 0.25) is 0 Å². The smallest absolute Gasteiger partial charge is 0.195 e. The highest BCUT2D eigenvalue weighted by molar-refractivity contribution is 9.10. The zero-order valence-corrected chi connectivity index (χ0v) is 14.7. The number of nitrogens with one attached hydrogen (secondary N) is 1. The number of nitriles is 1. The first-order chi connectivity index (χ1) is 11.3. The van der Waals surface area contributed by atoms with Gasteiger partial charge in [0.25, 0.3) is 0 Å². The molecule has 0 spiro atoms. The number of H-pyrrole nitrogens is 1. The number of hydrogen-bond acceptors (Lipinski definition) is 3. The standard InChI is InChI=1S/C19H13BrN2O2/c1-19(2)13-6-10(23)3-4-11(13)17(24)16-12-7-14(20)9(8-21)5-15(12)22-18(16)19/h3-7,22-23H,1-2H3. The fourth-order valence-electron chi connectivity index (χ4n) is 3.52. The molecule has 0 aliphatic heterocycles. The predicted octanol–water partition coefficient (Wildman–Crippen LogP) is 4.38. The van der Waals surface area contributed by atoms with E-state index in [9.17, 15) is 15.2 Å². The lowest BCUT2D eigenvalue weighted by atomic mass is 9.71. The number of nitrogens with zero attached hydrogens (tertiary/aromatic N) is 1. The fraction of sp³-hybridized carbons (Fsp3) is 0.158. The van der Waals surface area contributed by atoms with E-state index in [0.29, 0.717) is 21.2 Å². The number of aromatic nitrogens is 1. The van der Waals surface area contributed by atoms with Gasteiger partial charge in [-0.25, -0.2) is 0 Å². The van der Waals surface area contributed by atoms with Gasteiger partial charge in [0.05, 0.1) is 11.1 Å². The van der Waals surface area contributed by atoms with E-state index in [0.717, 1.165) is 22.2 Å². The second kappa shape index (κ2) is 4.71.